The second kappa shape index (κ2) is 7.98. The van der Waals surface area contributed by atoms with Crippen LogP contribution >= 0.6 is 0 Å². The number of fused-ring (bicyclic) bond motifs is 1. The Labute approximate surface area is 156 Å². The van der Waals surface area contributed by atoms with Gasteiger partial charge in [0.2, 0.25) is 17.8 Å². The molecule has 2 N–H and O–H groups in total. The van der Waals surface area contributed by atoms with Crippen molar-refractivity contribution in [1.82, 2.24) is 15.3 Å². The Morgan fingerprint density at radius 3 is 2.89 bits per heavy atom. The highest BCUT2D eigenvalue weighted by Crippen LogP contribution is 2.26. The predicted molar refractivity (Wildman–Crippen MR) is 99.6 cm³/mol. The van der Waals surface area contributed by atoms with Gasteiger partial charge in [-0.3, -0.25) is 25.2 Å². The van der Waals surface area contributed by atoms with Crippen LogP contribution in [-0.2, 0) is 14.3 Å². The molecule has 3 rings (SSSR count). The van der Waals surface area contributed by atoms with Crippen molar-refractivity contribution < 1.29 is 19.1 Å². The fourth-order valence-electron chi connectivity index (χ4n) is 2.77. The van der Waals surface area contributed by atoms with E-state index in [0.717, 1.165) is 11.1 Å². The number of aromatic nitrogens is 2. The standard InChI is InChI=1S/C18H21N5O4/c1-4-27-13-7-5-6-12-10(2)20-18(21-15(12)13)23-17-19-9-11(16(25)22-17)8-14(24)26-3/h5-7,11H,4,8-9H2,1-3H3,(H2,19,20,21,22,23,25)/t11-/m0/s1. The van der Waals surface area contributed by atoms with Crippen molar-refractivity contribution >= 4 is 34.7 Å². The van der Waals surface area contributed by atoms with Crippen molar-refractivity contribution in [2.24, 2.45) is 10.9 Å². The average molecular weight is 371 g/mol. The van der Waals surface area contributed by atoms with Gasteiger partial charge < -0.3 is 9.47 Å². The van der Waals surface area contributed by atoms with E-state index in [1.165, 1.54) is 7.11 Å². The quantitative estimate of drug-likeness (QED) is 0.764. The summed E-state index contributed by atoms with van der Waals surface area (Å²) in [6, 6.07) is 5.66. The number of hydrogen-bond donors (Lipinski definition) is 2. The van der Waals surface area contributed by atoms with Crippen LogP contribution in [0.5, 0.6) is 5.75 Å². The maximum atomic E-state index is 12.2. The van der Waals surface area contributed by atoms with E-state index in [0.29, 0.717) is 23.8 Å². The number of methoxy groups -OCH3 is 1. The summed E-state index contributed by atoms with van der Waals surface area (Å²) in [4.78, 5) is 36.7. The highest BCUT2D eigenvalue weighted by molar-refractivity contribution is 6.06. The van der Waals surface area contributed by atoms with E-state index in [1.54, 1.807) is 0 Å². The fraction of sp³-hybridized carbons (Fsp3) is 0.389. The van der Waals surface area contributed by atoms with E-state index < -0.39 is 11.9 Å². The molecule has 9 nitrogen and oxygen atoms in total. The minimum atomic E-state index is -0.549. The fourth-order valence-corrected chi connectivity index (χ4v) is 2.77. The Hall–Kier alpha value is -3.23. The summed E-state index contributed by atoms with van der Waals surface area (Å²) in [7, 11) is 1.29. The molecule has 0 saturated heterocycles. The Kier molecular flexibility index (Phi) is 5.49. The highest BCUT2D eigenvalue weighted by Gasteiger charge is 2.27. The van der Waals surface area contributed by atoms with Crippen LogP contribution in [0.3, 0.4) is 0 Å². The maximum Gasteiger partial charge on any atom is 0.306 e. The van der Waals surface area contributed by atoms with E-state index in [-0.39, 0.29) is 24.8 Å². The molecule has 1 aliphatic heterocycles. The summed E-state index contributed by atoms with van der Waals surface area (Å²) in [5, 5.41) is 6.45. The number of aryl methyl sites for hydroxylation is 1. The van der Waals surface area contributed by atoms with Crippen molar-refractivity contribution in [3.8, 4) is 5.75 Å². The molecule has 27 heavy (non-hydrogen) atoms. The third kappa shape index (κ3) is 4.13. The lowest BCUT2D eigenvalue weighted by Gasteiger charge is -2.21. The average Bonchev–Trinajstić information content (AvgIpc) is 2.65. The largest absolute Gasteiger partial charge is 0.492 e. The highest BCUT2D eigenvalue weighted by atomic mass is 16.5. The Balaban J connectivity index is 1.82. The molecule has 1 atom stereocenters. The second-order valence-corrected chi connectivity index (χ2v) is 6.00. The molecule has 1 aliphatic rings. The van der Waals surface area contributed by atoms with Crippen LogP contribution < -0.4 is 15.4 Å². The van der Waals surface area contributed by atoms with Crippen molar-refractivity contribution in [3.63, 3.8) is 0 Å². The molecular formula is C18H21N5O4. The zero-order valence-electron chi connectivity index (χ0n) is 15.4. The van der Waals surface area contributed by atoms with Crippen LogP contribution in [0.15, 0.2) is 23.2 Å². The molecule has 0 fully saturated rings. The zero-order chi connectivity index (χ0) is 19.4. The number of guanidine groups is 1. The molecule has 2 aromatic rings. The SMILES string of the molecule is CCOc1cccc2c(C)nc(NC3=NC[C@H](CC(=O)OC)C(=O)N3)nc12. The summed E-state index contributed by atoms with van der Waals surface area (Å²) in [5.41, 5.74) is 1.45. The lowest BCUT2D eigenvalue weighted by atomic mass is 10.0. The van der Waals surface area contributed by atoms with Gasteiger partial charge in [-0.2, -0.15) is 0 Å². The summed E-state index contributed by atoms with van der Waals surface area (Å²) < 4.78 is 10.2. The van der Waals surface area contributed by atoms with Crippen molar-refractivity contribution in [3.05, 3.63) is 23.9 Å². The van der Waals surface area contributed by atoms with E-state index in [2.05, 4.69) is 30.3 Å². The number of para-hydroxylation sites is 1. The monoisotopic (exact) mass is 371 g/mol. The molecule has 1 aromatic carbocycles. The van der Waals surface area contributed by atoms with Crippen LogP contribution in [-0.4, -0.2) is 48.1 Å². The van der Waals surface area contributed by atoms with Crippen LogP contribution in [0.2, 0.25) is 0 Å². The molecule has 2 heterocycles. The first kappa shape index (κ1) is 18.6. The van der Waals surface area contributed by atoms with Crippen LogP contribution in [0.4, 0.5) is 5.95 Å². The number of anilines is 1. The first-order valence-electron chi connectivity index (χ1n) is 8.61. The van der Waals surface area contributed by atoms with E-state index in [4.69, 9.17) is 4.74 Å². The van der Waals surface area contributed by atoms with Crippen LogP contribution in [0, 0.1) is 12.8 Å². The number of carbonyl (C=O) groups is 2. The molecular weight excluding hydrogens is 350 g/mol. The molecule has 0 aliphatic carbocycles. The van der Waals surface area contributed by atoms with Gasteiger partial charge in [0.15, 0.2) is 0 Å². The van der Waals surface area contributed by atoms with Gasteiger partial charge in [0.05, 0.1) is 38.3 Å². The number of ether oxygens (including phenoxy) is 2. The molecule has 0 spiro atoms. The molecule has 9 heteroatoms. The maximum absolute atomic E-state index is 12.2. The van der Waals surface area contributed by atoms with E-state index in [1.807, 2.05) is 32.0 Å². The lowest BCUT2D eigenvalue weighted by molar-refractivity contribution is -0.143. The first-order chi connectivity index (χ1) is 13.0. The van der Waals surface area contributed by atoms with Gasteiger partial charge in [-0.25, -0.2) is 9.97 Å². The molecule has 1 amide bonds. The number of amides is 1. The number of esters is 1. The van der Waals surface area contributed by atoms with Gasteiger partial charge in [-0.05, 0) is 19.9 Å². The summed E-state index contributed by atoms with van der Waals surface area (Å²) in [5.74, 6) is -0.0846. The molecule has 1 aromatic heterocycles. The number of aliphatic imine (C=N–C) groups is 1. The Bertz CT molecular complexity index is 912. The summed E-state index contributed by atoms with van der Waals surface area (Å²) >= 11 is 0. The minimum absolute atomic E-state index is 0.0115. The van der Waals surface area contributed by atoms with Gasteiger partial charge >= 0.3 is 5.97 Å². The van der Waals surface area contributed by atoms with Crippen LogP contribution in [0.1, 0.15) is 19.0 Å². The number of nitrogens with zero attached hydrogens (tertiary/aromatic N) is 3. The second-order valence-electron chi connectivity index (χ2n) is 6.00. The van der Waals surface area contributed by atoms with Crippen LogP contribution in [0.25, 0.3) is 10.9 Å². The Morgan fingerprint density at radius 1 is 1.37 bits per heavy atom. The lowest BCUT2D eigenvalue weighted by Crippen LogP contribution is -2.45. The molecule has 0 bridgehead atoms. The number of carbonyl (C=O) groups excluding carboxylic acids is 2. The molecule has 142 valence electrons. The van der Waals surface area contributed by atoms with Gasteiger partial charge in [-0.15, -0.1) is 0 Å². The minimum Gasteiger partial charge on any atom is -0.492 e. The van der Waals surface area contributed by atoms with E-state index >= 15 is 0 Å². The normalized spacial score (nSPS) is 16.5. The number of nitrogens with one attached hydrogen (secondary N) is 2. The number of benzene rings is 1. The first-order valence-corrected chi connectivity index (χ1v) is 8.61. The van der Waals surface area contributed by atoms with Crippen molar-refractivity contribution in [2.45, 2.75) is 20.3 Å². The third-order valence-corrected chi connectivity index (χ3v) is 4.13. The number of rotatable bonds is 5. The van der Waals surface area contributed by atoms with Gasteiger partial charge in [0, 0.05) is 5.39 Å². The Morgan fingerprint density at radius 2 is 2.19 bits per heavy atom. The smallest absolute Gasteiger partial charge is 0.306 e. The predicted octanol–water partition coefficient (Wildman–Crippen LogP) is 1.41. The molecule has 0 saturated carbocycles. The molecule has 0 radical (unpaired) electrons. The van der Waals surface area contributed by atoms with Gasteiger partial charge in [0.1, 0.15) is 11.3 Å². The third-order valence-electron chi connectivity index (χ3n) is 4.13. The van der Waals surface area contributed by atoms with Crippen molar-refractivity contribution in [2.75, 3.05) is 25.6 Å². The topological polar surface area (TPSA) is 115 Å². The summed E-state index contributed by atoms with van der Waals surface area (Å²) in [6.07, 6.45) is -0.0115. The molecule has 0 unspecified atom stereocenters. The van der Waals surface area contributed by atoms with E-state index in [9.17, 15) is 9.59 Å². The van der Waals surface area contributed by atoms with Crippen molar-refractivity contribution in [1.29, 1.82) is 0 Å². The van der Waals surface area contributed by atoms with Gasteiger partial charge in [0.25, 0.3) is 0 Å². The summed E-state index contributed by atoms with van der Waals surface area (Å²) in [6.45, 7) is 4.48. The zero-order valence-corrected chi connectivity index (χ0v) is 15.4. The number of hydrogen-bond acceptors (Lipinski definition) is 8. The van der Waals surface area contributed by atoms with Gasteiger partial charge in [-0.1, -0.05) is 12.1 Å².